The van der Waals surface area contributed by atoms with Gasteiger partial charge in [0.1, 0.15) is 0 Å². The van der Waals surface area contributed by atoms with Crippen LogP contribution in [-0.2, 0) is 21.2 Å². The van der Waals surface area contributed by atoms with Crippen molar-refractivity contribution in [2.75, 3.05) is 11.9 Å². The van der Waals surface area contributed by atoms with Gasteiger partial charge in [0.05, 0.1) is 4.90 Å². The number of nitrogens with one attached hydrogen (secondary N) is 2. The van der Waals surface area contributed by atoms with E-state index in [1.807, 2.05) is 31.2 Å². The van der Waals surface area contributed by atoms with Gasteiger partial charge in [-0.3, -0.25) is 4.79 Å². The molecule has 2 aromatic carbocycles. The number of carbonyl (C=O) groups excluding carboxylic acids is 1. The quantitative estimate of drug-likeness (QED) is 0.677. The molecule has 0 aliphatic heterocycles. The van der Waals surface area contributed by atoms with Crippen LogP contribution in [-0.4, -0.2) is 20.9 Å². The van der Waals surface area contributed by atoms with Crippen LogP contribution in [0.3, 0.4) is 0 Å². The molecule has 0 bridgehead atoms. The molecule has 0 radical (unpaired) electrons. The van der Waals surface area contributed by atoms with E-state index in [0.29, 0.717) is 19.4 Å². The predicted molar refractivity (Wildman–Crippen MR) is 103 cm³/mol. The minimum Gasteiger partial charge on any atom is -0.326 e. The van der Waals surface area contributed by atoms with Gasteiger partial charge in [0.2, 0.25) is 15.9 Å². The van der Waals surface area contributed by atoms with Crippen molar-refractivity contribution in [2.24, 2.45) is 0 Å². The lowest BCUT2D eigenvalue weighted by Crippen LogP contribution is -2.24. The summed E-state index contributed by atoms with van der Waals surface area (Å²) >= 11 is 3.36. The molecule has 0 heterocycles. The van der Waals surface area contributed by atoms with E-state index in [1.54, 1.807) is 24.3 Å². The molecule has 1 amide bonds. The summed E-state index contributed by atoms with van der Waals surface area (Å²) in [7, 11) is -3.45. The third kappa shape index (κ3) is 6.26. The highest BCUT2D eigenvalue weighted by Gasteiger charge is 2.12. The van der Waals surface area contributed by atoms with Gasteiger partial charge in [0.15, 0.2) is 0 Å². The van der Waals surface area contributed by atoms with Crippen molar-refractivity contribution in [1.82, 2.24) is 4.72 Å². The lowest BCUT2D eigenvalue weighted by molar-refractivity contribution is -0.116. The molecule has 0 spiro atoms. The summed E-state index contributed by atoms with van der Waals surface area (Å²) in [5.41, 5.74) is 1.65. The molecule has 25 heavy (non-hydrogen) atoms. The van der Waals surface area contributed by atoms with Gasteiger partial charge in [-0.1, -0.05) is 41.1 Å². The van der Waals surface area contributed by atoms with Crippen LogP contribution >= 0.6 is 15.9 Å². The van der Waals surface area contributed by atoms with Crippen molar-refractivity contribution >= 4 is 37.5 Å². The fourth-order valence-corrected chi connectivity index (χ4v) is 3.74. The lowest BCUT2D eigenvalue weighted by Gasteiger charge is -2.08. The van der Waals surface area contributed by atoms with Gasteiger partial charge >= 0.3 is 0 Å². The number of hydrogen-bond donors (Lipinski definition) is 2. The average Bonchev–Trinajstić information content (AvgIpc) is 2.59. The van der Waals surface area contributed by atoms with Crippen molar-refractivity contribution in [2.45, 2.75) is 31.1 Å². The molecule has 2 rings (SSSR count). The molecular formula is C18H21BrN2O3S. The molecule has 0 saturated heterocycles. The topological polar surface area (TPSA) is 75.3 Å². The van der Waals surface area contributed by atoms with E-state index in [9.17, 15) is 13.2 Å². The van der Waals surface area contributed by atoms with Gasteiger partial charge < -0.3 is 5.32 Å². The molecule has 7 heteroatoms. The van der Waals surface area contributed by atoms with Crippen LogP contribution < -0.4 is 10.0 Å². The van der Waals surface area contributed by atoms with Gasteiger partial charge in [0.25, 0.3) is 0 Å². The number of sulfonamides is 1. The zero-order valence-electron chi connectivity index (χ0n) is 14.0. The van der Waals surface area contributed by atoms with Crippen LogP contribution in [0.5, 0.6) is 0 Å². The van der Waals surface area contributed by atoms with Gasteiger partial charge in [-0.05, 0) is 48.7 Å². The van der Waals surface area contributed by atoms with Gasteiger partial charge in [0, 0.05) is 23.1 Å². The van der Waals surface area contributed by atoms with Gasteiger partial charge in [-0.25, -0.2) is 13.1 Å². The Morgan fingerprint density at radius 1 is 1.12 bits per heavy atom. The molecule has 0 atom stereocenters. The summed E-state index contributed by atoms with van der Waals surface area (Å²) in [6.07, 6.45) is 1.61. The van der Waals surface area contributed by atoms with Crippen LogP contribution in [0.1, 0.15) is 25.3 Å². The number of benzene rings is 2. The second-order valence-electron chi connectivity index (χ2n) is 5.60. The summed E-state index contributed by atoms with van der Waals surface area (Å²) < 4.78 is 27.5. The fraction of sp³-hybridized carbons (Fsp3) is 0.278. The second-order valence-corrected chi connectivity index (χ2v) is 8.28. The van der Waals surface area contributed by atoms with Gasteiger partial charge in [-0.15, -0.1) is 0 Å². The predicted octanol–water partition coefficient (Wildman–Crippen LogP) is 3.71. The highest BCUT2D eigenvalue weighted by molar-refractivity contribution is 9.10. The van der Waals surface area contributed by atoms with Crippen molar-refractivity contribution in [3.8, 4) is 0 Å². The summed E-state index contributed by atoms with van der Waals surface area (Å²) in [5, 5.41) is 2.84. The smallest absolute Gasteiger partial charge is 0.240 e. The zero-order chi connectivity index (χ0) is 18.3. The normalized spacial score (nSPS) is 11.3. The molecule has 2 N–H and O–H groups in total. The van der Waals surface area contributed by atoms with E-state index in [4.69, 9.17) is 0 Å². The highest BCUT2D eigenvalue weighted by atomic mass is 79.9. The maximum absolute atomic E-state index is 12.0. The maximum Gasteiger partial charge on any atom is 0.240 e. The molecule has 2 aromatic rings. The Bertz CT molecular complexity index is 820. The van der Waals surface area contributed by atoms with E-state index in [2.05, 4.69) is 26.0 Å². The summed E-state index contributed by atoms with van der Waals surface area (Å²) in [6, 6.07) is 14.0. The third-order valence-electron chi connectivity index (χ3n) is 3.52. The van der Waals surface area contributed by atoms with E-state index >= 15 is 0 Å². The van der Waals surface area contributed by atoms with E-state index < -0.39 is 10.0 Å². The van der Waals surface area contributed by atoms with Crippen LogP contribution in [0, 0.1) is 0 Å². The number of rotatable bonds is 8. The Hall–Kier alpha value is -1.70. The monoisotopic (exact) mass is 424 g/mol. The fourth-order valence-electron chi connectivity index (χ4n) is 2.20. The molecule has 0 aliphatic rings. The second kappa shape index (κ2) is 9.12. The Morgan fingerprint density at radius 3 is 2.48 bits per heavy atom. The maximum atomic E-state index is 12.0. The first-order valence-corrected chi connectivity index (χ1v) is 10.3. The first kappa shape index (κ1) is 19.6. The number of hydrogen-bond acceptors (Lipinski definition) is 3. The molecule has 0 unspecified atom stereocenters. The van der Waals surface area contributed by atoms with Crippen LogP contribution in [0.25, 0.3) is 0 Å². The molecule has 0 aromatic heterocycles. The van der Waals surface area contributed by atoms with Gasteiger partial charge in [-0.2, -0.15) is 0 Å². The number of amides is 1. The third-order valence-corrected chi connectivity index (χ3v) is 5.50. The molecule has 5 nitrogen and oxygen atoms in total. The summed E-state index contributed by atoms with van der Waals surface area (Å²) in [6.45, 7) is 2.32. The molecule has 0 saturated carbocycles. The highest BCUT2D eigenvalue weighted by Crippen LogP contribution is 2.16. The van der Waals surface area contributed by atoms with Crippen molar-refractivity contribution in [3.63, 3.8) is 0 Å². The molecule has 0 fully saturated rings. The summed E-state index contributed by atoms with van der Waals surface area (Å²) in [4.78, 5) is 12.2. The van der Waals surface area contributed by atoms with E-state index in [1.165, 1.54) is 0 Å². The van der Waals surface area contributed by atoms with Crippen molar-refractivity contribution < 1.29 is 13.2 Å². The Labute approximate surface area is 157 Å². The SMILES string of the molecule is CCCNS(=O)(=O)c1ccc(CCC(=O)Nc2cccc(Br)c2)cc1. The van der Waals surface area contributed by atoms with Crippen LogP contribution in [0.4, 0.5) is 5.69 Å². The Kier molecular flexibility index (Phi) is 7.16. The first-order chi connectivity index (χ1) is 11.9. The Morgan fingerprint density at radius 2 is 1.84 bits per heavy atom. The number of anilines is 1. The van der Waals surface area contributed by atoms with E-state index in [0.717, 1.165) is 22.1 Å². The standard InChI is InChI=1S/C18H21BrN2O3S/c1-2-12-20-25(23,24)17-9-6-14(7-10-17)8-11-18(22)21-16-5-3-4-15(19)13-16/h3-7,9-10,13,20H,2,8,11-12H2,1H3,(H,21,22). The van der Waals surface area contributed by atoms with Crippen molar-refractivity contribution in [3.05, 3.63) is 58.6 Å². The number of aryl methyl sites for hydroxylation is 1. The number of carbonyl (C=O) groups is 1. The summed E-state index contributed by atoms with van der Waals surface area (Å²) in [5.74, 6) is -0.0839. The van der Waals surface area contributed by atoms with E-state index in [-0.39, 0.29) is 10.8 Å². The van der Waals surface area contributed by atoms with Crippen LogP contribution in [0.2, 0.25) is 0 Å². The Balaban J connectivity index is 1.90. The first-order valence-electron chi connectivity index (χ1n) is 8.05. The molecular weight excluding hydrogens is 404 g/mol. The van der Waals surface area contributed by atoms with Crippen molar-refractivity contribution in [1.29, 1.82) is 0 Å². The van der Waals surface area contributed by atoms with Crippen LogP contribution in [0.15, 0.2) is 57.9 Å². The number of halogens is 1. The minimum absolute atomic E-state index is 0.0839. The molecule has 134 valence electrons. The zero-order valence-corrected chi connectivity index (χ0v) is 16.4. The largest absolute Gasteiger partial charge is 0.326 e. The lowest BCUT2D eigenvalue weighted by atomic mass is 10.1. The minimum atomic E-state index is -3.45. The molecule has 0 aliphatic carbocycles. The average molecular weight is 425 g/mol.